The maximum absolute atomic E-state index is 6.94. The molecular formula is C47H29N3O. The van der Waals surface area contributed by atoms with Gasteiger partial charge in [-0.15, -0.1) is 0 Å². The van der Waals surface area contributed by atoms with E-state index in [4.69, 9.17) is 19.4 Å². The van der Waals surface area contributed by atoms with Gasteiger partial charge in [-0.05, 0) is 51.0 Å². The quantitative estimate of drug-likeness (QED) is 0.186. The summed E-state index contributed by atoms with van der Waals surface area (Å²) in [7, 11) is 0. The fourth-order valence-corrected chi connectivity index (χ4v) is 7.26. The normalized spacial score (nSPS) is 11.5. The van der Waals surface area contributed by atoms with Gasteiger partial charge < -0.3 is 4.42 Å². The van der Waals surface area contributed by atoms with Crippen LogP contribution >= 0.6 is 0 Å². The van der Waals surface area contributed by atoms with E-state index in [1.54, 1.807) is 0 Å². The fourth-order valence-electron chi connectivity index (χ4n) is 7.26. The van der Waals surface area contributed by atoms with Crippen LogP contribution in [0.15, 0.2) is 180 Å². The van der Waals surface area contributed by atoms with Gasteiger partial charge in [0, 0.05) is 38.4 Å². The van der Waals surface area contributed by atoms with Crippen LogP contribution in [0.25, 0.3) is 99.9 Å². The van der Waals surface area contributed by atoms with E-state index in [1.165, 1.54) is 21.9 Å². The molecule has 10 rings (SSSR count). The molecule has 0 spiro atoms. The lowest BCUT2D eigenvalue weighted by molar-refractivity contribution is 0.674. The second-order valence-electron chi connectivity index (χ2n) is 12.8. The van der Waals surface area contributed by atoms with Crippen LogP contribution in [-0.2, 0) is 0 Å². The van der Waals surface area contributed by atoms with E-state index >= 15 is 0 Å². The van der Waals surface area contributed by atoms with Crippen molar-refractivity contribution in [1.82, 2.24) is 15.0 Å². The Morgan fingerprint density at radius 3 is 1.51 bits per heavy atom. The van der Waals surface area contributed by atoms with E-state index in [-0.39, 0.29) is 0 Å². The van der Waals surface area contributed by atoms with Crippen molar-refractivity contribution in [2.24, 2.45) is 0 Å². The predicted molar refractivity (Wildman–Crippen MR) is 209 cm³/mol. The van der Waals surface area contributed by atoms with Crippen molar-refractivity contribution in [3.05, 3.63) is 176 Å². The maximum atomic E-state index is 6.94. The lowest BCUT2D eigenvalue weighted by Crippen LogP contribution is -2.00. The summed E-state index contributed by atoms with van der Waals surface area (Å²) in [4.78, 5) is 15.2. The highest BCUT2D eigenvalue weighted by molar-refractivity contribution is 6.21. The molecule has 0 fully saturated rings. The first kappa shape index (κ1) is 29.0. The fraction of sp³-hybridized carbons (Fsp3) is 0. The molecule has 238 valence electrons. The Hall–Kier alpha value is -6.91. The highest BCUT2D eigenvalue weighted by Gasteiger charge is 2.22. The van der Waals surface area contributed by atoms with Crippen molar-refractivity contribution in [2.45, 2.75) is 0 Å². The number of aromatic nitrogens is 3. The van der Waals surface area contributed by atoms with Gasteiger partial charge in [-0.2, -0.15) is 0 Å². The average molecular weight is 652 g/mol. The molecule has 0 unspecified atom stereocenters. The Balaban J connectivity index is 1.21. The summed E-state index contributed by atoms with van der Waals surface area (Å²) in [5.41, 5.74) is 8.89. The number of nitrogens with zero attached hydrogens (tertiary/aromatic N) is 3. The molecule has 8 aromatic carbocycles. The van der Waals surface area contributed by atoms with E-state index in [1.807, 2.05) is 60.7 Å². The SMILES string of the molecule is c1ccc(-c2nc(-c3ccccc3)nc(-c3ccc(-c4ccc(-c5cccc6ccccc56)cc4)c4oc5c6ccccc6ccc5c34)n2)cc1. The molecule has 4 nitrogen and oxygen atoms in total. The summed E-state index contributed by atoms with van der Waals surface area (Å²) in [6.45, 7) is 0. The van der Waals surface area contributed by atoms with Gasteiger partial charge in [0.1, 0.15) is 11.2 Å². The van der Waals surface area contributed by atoms with Crippen LogP contribution in [-0.4, -0.2) is 15.0 Å². The van der Waals surface area contributed by atoms with Gasteiger partial charge in [0.05, 0.1) is 0 Å². The molecular weight excluding hydrogens is 623 g/mol. The lowest BCUT2D eigenvalue weighted by Gasteiger charge is -2.11. The lowest BCUT2D eigenvalue weighted by atomic mass is 9.94. The largest absolute Gasteiger partial charge is 0.455 e. The molecule has 2 aromatic heterocycles. The average Bonchev–Trinajstić information content (AvgIpc) is 3.61. The minimum absolute atomic E-state index is 0.599. The first-order chi connectivity index (χ1) is 25.3. The highest BCUT2D eigenvalue weighted by Crippen LogP contribution is 2.44. The van der Waals surface area contributed by atoms with Crippen LogP contribution in [0.4, 0.5) is 0 Å². The van der Waals surface area contributed by atoms with Crippen molar-refractivity contribution >= 4 is 43.5 Å². The molecule has 51 heavy (non-hydrogen) atoms. The van der Waals surface area contributed by atoms with Gasteiger partial charge in [-0.25, -0.2) is 15.0 Å². The molecule has 0 radical (unpaired) electrons. The summed E-state index contributed by atoms with van der Waals surface area (Å²) in [6, 6.07) is 61.0. The van der Waals surface area contributed by atoms with Crippen molar-refractivity contribution in [3.63, 3.8) is 0 Å². The van der Waals surface area contributed by atoms with Crippen molar-refractivity contribution in [2.75, 3.05) is 0 Å². The van der Waals surface area contributed by atoms with Gasteiger partial charge >= 0.3 is 0 Å². The molecule has 0 N–H and O–H groups in total. The number of benzene rings is 8. The summed E-state index contributed by atoms with van der Waals surface area (Å²) >= 11 is 0. The van der Waals surface area contributed by atoms with Gasteiger partial charge in [0.2, 0.25) is 0 Å². The highest BCUT2D eigenvalue weighted by atomic mass is 16.3. The smallest absolute Gasteiger partial charge is 0.164 e. The third kappa shape index (κ3) is 4.96. The number of furan rings is 1. The standard InChI is InChI=1S/C47H29N3O/c1-3-14-34(15-4-1)45-48-46(35-16-5-2-6-17-35)50-47(49-45)41-29-28-39(44-42(41)40-27-26-31-13-8-10-20-38(31)43(40)51-44)33-24-22-32(23-25-33)37-21-11-18-30-12-7-9-19-36(30)37/h1-29H. The van der Waals surface area contributed by atoms with Crippen molar-refractivity contribution in [3.8, 4) is 56.4 Å². The van der Waals surface area contributed by atoms with Crippen LogP contribution in [0.2, 0.25) is 0 Å². The Morgan fingerprint density at radius 1 is 0.294 bits per heavy atom. The Morgan fingerprint density at radius 2 is 0.824 bits per heavy atom. The van der Waals surface area contributed by atoms with Crippen molar-refractivity contribution in [1.29, 1.82) is 0 Å². The summed E-state index contributed by atoms with van der Waals surface area (Å²) in [5, 5.41) is 6.68. The van der Waals surface area contributed by atoms with Gasteiger partial charge in [-0.3, -0.25) is 0 Å². The zero-order valence-electron chi connectivity index (χ0n) is 27.5. The molecule has 0 aliphatic rings. The van der Waals surface area contributed by atoms with Gasteiger partial charge in [0.25, 0.3) is 0 Å². The molecule has 2 heterocycles. The summed E-state index contributed by atoms with van der Waals surface area (Å²) in [5.74, 6) is 1.85. The van der Waals surface area contributed by atoms with E-state index in [2.05, 4.69) is 115 Å². The van der Waals surface area contributed by atoms with Crippen LogP contribution < -0.4 is 0 Å². The molecule has 0 bridgehead atoms. The zero-order chi connectivity index (χ0) is 33.7. The third-order valence-electron chi connectivity index (χ3n) is 9.75. The summed E-state index contributed by atoms with van der Waals surface area (Å²) in [6.07, 6.45) is 0. The second-order valence-corrected chi connectivity index (χ2v) is 12.8. The Kier molecular flexibility index (Phi) is 6.78. The first-order valence-corrected chi connectivity index (χ1v) is 17.1. The molecule has 0 saturated carbocycles. The number of hydrogen-bond donors (Lipinski definition) is 0. The molecule has 10 aromatic rings. The van der Waals surface area contributed by atoms with Crippen molar-refractivity contribution < 1.29 is 4.42 Å². The number of fused-ring (bicyclic) bond motifs is 6. The minimum atomic E-state index is 0.599. The second kappa shape index (κ2) is 11.9. The zero-order valence-corrected chi connectivity index (χ0v) is 27.5. The molecule has 0 aliphatic carbocycles. The van der Waals surface area contributed by atoms with E-state index in [9.17, 15) is 0 Å². The Bertz CT molecular complexity index is 2830. The molecule has 0 amide bonds. The Labute approximate surface area is 294 Å². The molecule has 0 saturated heterocycles. The maximum Gasteiger partial charge on any atom is 0.164 e. The third-order valence-corrected chi connectivity index (χ3v) is 9.75. The van der Waals surface area contributed by atoms with E-state index < -0.39 is 0 Å². The van der Waals surface area contributed by atoms with Crippen LogP contribution in [0.5, 0.6) is 0 Å². The minimum Gasteiger partial charge on any atom is -0.455 e. The molecule has 0 atom stereocenters. The van der Waals surface area contributed by atoms with Gasteiger partial charge in [-0.1, -0.05) is 158 Å². The number of rotatable bonds is 5. The van der Waals surface area contributed by atoms with Crippen LogP contribution in [0.3, 0.4) is 0 Å². The first-order valence-electron chi connectivity index (χ1n) is 17.1. The molecule has 0 aliphatic heterocycles. The number of hydrogen-bond acceptors (Lipinski definition) is 4. The topological polar surface area (TPSA) is 51.8 Å². The summed E-state index contributed by atoms with van der Waals surface area (Å²) < 4.78 is 6.94. The predicted octanol–water partition coefficient (Wildman–Crippen LogP) is 12.4. The molecule has 4 heteroatoms. The monoisotopic (exact) mass is 651 g/mol. The van der Waals surface area contributed by atoms with Crippen LogP contribution in [0.1, 0.15) is 0 Å². The van der Waals surface area contributed by atoms with Gasteiger partial charge in [0.15, 0.2) is 17.5 Å². The van der Waals surface area contributed by atoms with E-state index in [0.717, 1.165) is 60.5 Å². The van der Waals surface area contributed by atoms with Crippen LogP contribution in [0, 0.1) is 0 Å². The van der Waals surface area contributed by atoms with E-state index in [0.29, 0.717) is 17.5 Å².